The van der Waals surface area contributed by atoms with Crippen molar-refractivity contribution in [1.82, 2.24) is 0 Å². The third-order valence-electron chi connectivity index (χ3n) is 4.35. The first-order valence-corrected chi connectivity index (χ1v) is 9.70. The normalized spacial score (nSPS) is 11.1. The molecule has 0 bridgehead atoms. The number of hydrogen-bond acceptors (Lipinski definition) is 1. The predicted molar refractivity (Wildman–Crippen MR) is 105 cm³/mol. The predicted octanol–water partition coefficient (Wildman–Crippen LogP) is 6.22. The minimum absolute atomic E-state index is 0.271. The summed E-state index contributed by atoms with van der Waals surface area (Å²) < 4.78 is 32.2. The van der Waals surface area contributed by atoms with Gasteiger partial charge in [0.1, 0.15) is 17.4 Å². The zero-order chi connectivity index (χ0) is 18.8. The van der Waals surface area contributed by atoms with Crippen LogP contribution in [0.2, 0.25) is 0 Å². The summed E-state index contributed by atoms with van der Waals surface area (Å²) in [6.45, 7) is 0. The molecule has 27 heavy (non-hydrogen) atoms. The molecule has 0 aromatic heterocycles. The second-order valence-electron chi connectivity index (χ2n) is 6.09. The van der Waals surface area contributed by atoms with Crippen molar-refractivity contribution in [1.29, 1.82) is 0 Å². The molecule has 0 saturated heterocycles. The number of ether oxygens (including phenoxy) is 1. The lowest BCUT2D eigenvalue weighted by Crippen LogP contribution is -2.05. The highest BCUT2D eigenvalue weighted by Crippen LogP contribution is 2.33. The van der Waals surface area contributed by atoms with Gasteiger partial charge in [0, 0.05) is 6.07 Å². The van der Waals surface area contributed by atoms with Gasteiger partial charge in [-0.2, -0.15) is 0 Å². The van der Waals surface area contributed by atoms with Gasteiger partial charge in [0.25, 0.3) is 0 Å². The van der Waals surface area contributed by atoms with Gasteiger partial charge in [-0.25, -0.2) is 8.78 Å². The molecule has 134 valence electrons. The highest BCUT2D eigenvalue weighted by atomic mass is 32.2. The Morgan fingerprint density at radius 2 is 1.07 bits per heavy atom. The molecule has 0 amide bonds. The van der Waals surface area contributed by atoms with Crippen molar-refractivity contribution in [2.45, 2.75) is 14.7 Å². The van der Waals surface area contributed by atoms with Crippen molar-refractivity contribution in [2.24, 2.45) is 0 Å². The fourth-order valence-electron chi connectivity index (χ4n) is 3.01. The molecule has 0 fully saturated rings. The first-order chi connectivity index (χ1) is 13.1. The van der Waals surface area contributed by atoms with Crippen molar-refractivity contribution in [3.05, 3.63) is 96.6 Å². The van der Waals surface area contributed by atoms with Crippen molar-refractivity contribution in [2.75, 3.05) is 7.11 Å². The largest absolute Gasteiger partial charge is 0.497 e. The van der Waals surface area contributed by atoms with Gasteiger partial charge in [0.05, 0.1) is 18.0 Å². The molecular weight excluding hydrogens is 362 g/mol. The summed E-state index contributed by atoms with van der Waals surface area (Å²) in [5.41, 5.74) is 0. The molecule has 4 aromatic carbocycles. The molecule has 0 aliphatic carbocycles. The molecule has 0 aliphatic rings. The Balaban J connectivity index is 1.85. The Labute approximate surface area is 159 Å². The zero-order valence-electron chi connectivity index (χ0n) is 14.7. The molecule has 4 rings (SSSR count). The fourth-order valence-corrected chi connectivity index (χ4v) is 5.09. The molecule has 0 aliphatic heterocycles. The smallest absolute Gasteiger partial charge is 0.167 e. The van der Waals surface area contributed by atoms with Gasteiger partial charge in [0.15, 0.2) is 14.7 Å². The molecular formula is C23H17F2OS+. The van der Waals surface area contributed by atoms with Crippen LogP contribution in [0.4, 0.5) is 8.78 Å². The average Bonchev–Trinajstić information content (AvgIpc) is 2.70. The van der Waals surface area contributed by atoms with E-state index in [1.807, 2.05) is 18.2 Å². The third-order valence-corrected chi connectivity index (χ3v) is 6.57. The molecule has 4 aromatic rings. The van der Waals surface area contributed by atoms with E-state index in [-0.39, 0.29) is 11.6 Å². The molecule has 0 unspecified atom stereocenters. The quantitative estimate of drug-likeness (QED) is 0.382. The number of methoxy groups -OCH3 is 1. The summed E-state index contributed by atoms with van der Waals surface area (Å²) in [7, 11) is 1.19. The maximum atomic E-state index is 13.4. The van der Waals surface area contributed by atoms with Gasteiger partial charge in [-0.1, -0.05) is 6.07 Å². The highest BCUT2D eigenvalue weighted by Gasteiger charge is 2.29. The fraction of sp³-hybridized carbons (Fsp3) is 0.0435. The van der Waals surface area contributed by atoms with E-state index in [2.05, 4.69) is 18.2 Å². The molecule has 0 saturated carbocycles. The summed E-state index contributed by atoms with van der Waals surface area (Å²) >= 11 is 0. The number of fused-ring (bicyclic) bond motifs is 1. The Morgan fingerprint density at radius 1 is 0.593 bits per heavy atom. The molecule has 0 atom stereocenters. The van der Waals surface area contributed by atoms with E-state index in [9.17, 15) is 8.78 Å². The van der Waals surface area contributed by atoms with Crippen LogP contribution in [-0.4, -0.2) is 7.11 Å². The Kier molecular flexibility index (Phi) is 4.82. The second kappa shape index (κ2) is 7.41. The van der Waals surface area contributed by atoms with Crippen LogP contribution in [0.1, 0.15) is 0 Å². The Morgan fingerprint density at radius 3 is 1.63 bits per heavy atom. The van der Waals surface area contributed by atoms with E-state index in [4.69, 9.17) is 4.74 Å². The van der Waals surface area contributed by atoms with Crippen LogP contribution in [0.3, 0.4) is 0 Å². The SMILES string of the molecule is COc1ccc2cc([S+](c3ccc(F)cc3)c3ccc(F)cc3)ccc2c1. The molecule has 4 heteroatoms. The van der Waals surface area contributed by atoms with Crippen LogP contribution in [0.5, 0.6) is 5.75 Å². The van der Waals surface area contributed by atoms with Gasteiger partial charge in [0.2, 0.25) is 0 Å². The number of hydrogen-bond donors (Lipinski definition) is 0. The molecule has 0 N–H and O–H groups in total. The van der Waals surface area contributed by atoms with Crippen LogP contribution in [0.25, 0.3) is 10.8 Å². The first kappa shape index (κ1) is 17.6. The first-order valence-electron chi connectivity index (χ1n) is 8.47. The van der Waals surface area contributed by atoms with Crippen molar-refractivity contribution in [3.63, 3.8) is 0 Å². The summed E-state index contributed by atoms with van der Waals surface area (Å²) in [4.78, 5) is 3.05. The summed E-state index contributed by atoms with van der Waals surface area (Å²) in [6.07, 6.45) is 0. The van der Waals surface area contributed by atoms with Crippen LogP contribution in [0.15, 0.2) is 99.6 Å². The third kappa shape index (κ3) is 3.67. The minimum Gasteiger partial charge on any atom is -0.497 e. The molecule has 0 heterocycles. The van der Waals surface area contributed by atoms with Crippen molar-refractivity contribution >= 4 is 21.7 Å². The van der Waals surface area contributed by atoms with Gasteiger partial charge in [-0.05, 0) is 83.6 Å². The zero-order valence-corrected chi connectivity index (χ0v) is 15.5. The van der Waals surface area contributed by atoms with Crippen molar-refractivity contribution in [3.8, 4) is 5.75 Å². The minimum atomic E-state index is -0.459. The molecule has 1 nitrogen and oxygen atoms in total. The van der Waals surface area contributed by atoms with Crippen LogP contribution >= 0.6 is 0 Å². The molecule has 0 radical (unpaired) electrons. The van der Waals surface area contributed by atoms with Crippen LogP contribution in [0, 0.1) is 11.6 Å². The topological polar surface area (TPSA) is 9.23 Å². The highest BCUT2D eigenvalue weighted by molar-refractivity contribution is 7.97. The van der Waals surface area contributed by atoms with E-state index in [1.54, 1.807) is 31.4 Å². The maximum absolute atomic E-state index is 13.4. The Bertz CT molecular complexity index is 1030. The monoisotopic (exact) mass is 379 g/mol. The lowest BCUT2D eigenvalue weighted by atomic mass is 10.1. The second-order valence-corrected chi connectivity index (χ2v) is 8.12. The van der Waals surface area contributed by atoms with E-state index >= 15 is 0 Å². The maximum Gasteiger partial charge on any atom is 0.167 e. The van der Waals surface area contributed by atoms with E-state index in [0.717, 1.165) is 31.2 Å². The van der Waals surface area contributed by atoms with Gasteiger partial charge < -0.3 is 4.74 Å². The number of halogens is 2. The number of benzene rings is 4. The van der Waals surface area contributed by atoms with E-state index in [1.165, 1.54) is 24.3 Å². The number of rotatable bonds is 4. The van der Waals surface area contributed by atoms with Crippen LogP contribution < -0.4 is 4.74 Å². The van der Waals surface area contributed by atoms with Gasteiger partial charge in [-0.3, -0.25) is 0 Å². The lowest BCUT2D eigenvalue weighted by Gasteiger charge is -2.09. The van der Waals surface area contributed by atoms with Crippen molar-refractivity contribution < 1.29 is 13.5 Å². The average molecular weight is 379 g/mol. The standard InChI is InChI=1S/C23H17F2OS/c1-26-20-8-2-17-15-23(9-3-16(17)14-20)27(21-10-4-18(24)5-11-21)22-12-6-19(25)7-13-22/h2-15H,1H3/q+1. The van der Waals surface area contributed by atoms with Gasteiger partial charge in [-0.15, -0.1) is 0 Å². The van der Waals surface area contributed by atoms with Crippen LogP contribution in [-0.2, 0) is 10.9 Å². The summed E-state index contributed by atoms with van der Waals surface area (Å²) in [5, 5.41) is 2.18. The molecule has 0 spiro atoms. The summed E-state index contributed by atoms with van der Waals surface area (Å²) in [6, 6.07) is 25.2. The van der Waals surface area contributed by atoms with Gasteiger partial charge >= 0.3 is 0 Å². The summed E-state index contributed by atoms with van der Waals surface area (Å²) in [5.74, 6) is 0.269. The Hall–Kier alpha value is -2.85. The van der Waals surface area contributed by atoms with E-state index < -0.39 is 10.9 Å². The lowest BCUT2D eigenvalue weighted by molar-refractivity contribution is 0.415. The van der Waals surface area contributed by atoms with E-state index in [0.29, 0.717) is 0 Å².